The maximum atomic E-state index is 12.6. The molecule has 0 spiro atoms. The largest absolute Gasteiger partial charge is 0.399 e. The summed E-state index contributed by atoms with van der Waals surface area (Å²) >= 11 is 1.73. The third-order valence-electron chi connectivity index (χ3n) is 3.54. The van der Waals surface area contributed by atoms with Crippen LogP contribution < -0.4 is 5.73 Å². The number of halogens is 1. The number of nitrogens with zero attached hydrogens (tertiary/aromatic N) is 1. The minimum absolute atomic E-state index is 0. The van der Waals surface area contributed by atoms with Gasteiger partial charge in [0.2, 0.25) is 0 Å². The first kappa shape index (κ1) is 14.9. The lowest BCUT2D eigenvalue weighted by molar-refractivity contribution is 0.0738. The van der Waals surface area contributed by atoms with Crippen LogP contribution in [0.4, 0.5) is 5.69 Å². The Kier molecular flexibility index (Phi) is 4.68. The molecule has 0 bridgehead atoms. The monoisotopic (exact) mass is 308 g/mol. The second kappa shape index (κ2) is 6.29. The molecule has 0 radical (unpaired) electrons. The number of benzene rings is 1. The average Bonchev–Trinajstić information content (AvgIpc) is 3.09. The summed E-state index contributed by atoms with van der Waals surface area (Å²) in [6, 6.07) is 11.6. The van der Waals surface area contributed by atoms with E-state index in [1.165, 1.54) is 4.88 Å². The van der Waals surface area contributed by atoms with Gasteiger partial charge < -0.3 is 10.6 Å². The van der Waals surface area contributed by atoms with Crippen molar-refractivity contribution >= 4 is 35.3 Å². The van der Waals surface area contributed by atoms with E-state index >= 15 is 0 Å². The van der Waals surface area contributed by atoms with Crippen molar-refractivity contribution in [2.24, 2.45) is 0 Å². The fourth-order valence-corrected chi connectivity index (χ4v) is 3.45. The summed E-state index contributed by atoms with van der Waals surface area (Å²) in [7, 11) is 0. The zero-order valence-electron chi connectivity index (χ0n) is 11.0. The molecule has 1 unspecified atom stereocenters. The highest BCUT2D eigenvalue weighted by Gasteiger charge is 2.30. The van der Waals surface area contributed by atoms with Gasteiger partial charge in [0.25, 0.3) is 5.91 Å². The number of anilines is 1. The van der Waals surface area contributed by atoms with Crippen LogP contribution in [0.15, 0.2) is 41.8 Å². The van der Waals surface area contributed by atoms with Crippen LogP contribution in [0, 0.1) is 0 Å². The third kappa shape index (κ3) is 2.81. The van der Waals surface area contributed by atoms with E-state index in [-0.39, 0.29) is 24.4 Å². The Bertz CT molecular complexity index is 568. The third-order valence-corrected chi connectivity index (χ3v) is 4.52. The maximum absolute atomic E-state index is 12.6. The van der Waals surface area contributed by atoms with E-state index in [9.17, 15) is 4.79 Å². The van der Waals surface area contributed by atoms with E-state index < -0.39 is 0 Å². The van der Waals surface area contributed by atoms with Gasteiger partial charge in [-0.15, -0.1) is 23.7 Å². The molecule has 2 aromatic rings. The normalized spacial score (nSPS) is 17.8. The molecular weight excluding hydrogens is 292 g/mol. The summed E-state index contributed by atoms with van der Waals surface area (Å²) < 4.78 is 0. The van der Waals surface area contributed by atoms with Crippen LogP contribution in [0.3, 0.4) is 0 Å². The molecule has 0 saturated carbocycles. The number of nitrogens with two attached hydrogens (primary N) is 1. The highest BCUT2D eigenvalue weighted by Crippen LogP contribution is 2.35. The molecule has 1 atom stereocenters. The van der Waals surface area contributed by atoms with Crippen molar-refractivity contribution in [2.75, 3.05) is 12.3 Å². The second-order valence-electron chi connectivity index (χ2n) is 4.79. The highest BCUT2D eigenvalue weighted by molar-refractivity contribution is 7.10. The molecule has 3 rings (SSSR count). The van der Waals surface area contributed by atoms with Crippen molar-refractivity contribution in [1.29, 1.82) is 0 Å². The van der Waals surface area contributed by atoms with E-state index in [0.29, 0.717) is 5.69 Å². The number of thiophene rings is 1. The number of rotatable bonds is 2. The molecule has 1 saturated heterocycles. The molecule has 1 fully saturated rings. The average molecular weight is 309 g/mol. The second-order valence-corrected chi connectivity index (χ2v) is 5.77. The Labute approximate surface area is 128 Å². The number of hydrogen-bond donors (Lipinski definition) is 1. The van der Waals surface area contributed by atoms with Gasteiger partial charge >= 0.3 is 0 Å². The SMILES string of the molecule is Cl.Nc1ccc(C(=O)N2CCCC2c2cccs2)cc1. The molecule has 20 heavy (non-hydrogen) atoms. The molecule has 1 aliphatic heterocycles. The number of hydrogen-bond acceptors (Lipinski definition) is 3. The van der Waals surface area contributed by atoms with Gasteiger partial charge in [-0.1, -0.05) is 6.07 Å². The molecule has 0 aliphatic carbocycles. The molecule has 5 heteroatoms. The van der Waals surface area contributed by atoms with Gasteiger partial charge in [-0.3, -0.25) is 4.79 Å². The van der Waals surface area contributed by atoms with Gasteiger partial charge in [0, 0.05) is 22.7 Å². The lowest BCUT2D eigenvalue weighted by Gasteiger charge is -2.24. The van der Waals surface area contributed by atoms with Gasteiger partial charge in [0.05, 0.1) is 6.04 Å². The topological polar surface area (TPSA) is 46.3 Å². The molecule has 2 N–H and O–H groups in total. The first-order valence-corrected chi connectivity index (χ1v) is 7.33. The van der Waals surface area contributed by atoms with Crippen LogP contribution in [0.2, 0.25) is 0 Å². The van der Waals surface area contributed by atoms with E-state index in [0.717, 1.165) is 24.9 Å². The van der Waals surface area contributed by atoms with Crippen molar-refractivity contribution < 1.29 is 4.79 Å². The zero-order valence-corrected chi connectivity index (χ0v) is 12.6. The molecule has 1 aromatic heterocycles. The van der Waals surface area contributed by atoms with E-state index in [1.807, 2.05) is 23.1 Å². The zero-order chi connectivity index (χ0) is 13.2. The smallest absolute Gasteiger partial charge is 0.254 e. The van der Waals surface area contributed by atoms with Gasteiger partial charge in [-0.05, 0) is 48.6 Å². The van der Waals surface area contributed by atoms with Crippen LogP contribution in [0.1, 0.15) is 34.1 Å². The van der Waals surface area contributed by atoms with Crippen LogP contribution >= 0.6 is 23.7 Å². The van der Waals surface area contributed by atoms with Crippen molar-refractivity contribution in [2.45, 2.75) is 18.9 Å². The fraction of sp³-hybridized carbons (Fsp3) is 0.267. The van der Waals surface area contributed by atoms with Gasteiger partial charge in [0.15, 0.2) is 0 Å². The highest BCUT2D eigenvalue weighted by atomic mass is 35.5. The lowest BCUT2D eigenvalue weighted by atomic mass is 10.1. The van der Waals surface area contributed by atoms with Crippen LogP contribution in [0.25, 0.3) is 0 Å². The van der Waals surface area contributed by atoms with E-state index in [1.54, 1.807) is 23.5 Å². The van der Waals surface area contributed by atoms with Crippen molar-refractivity contribution in [3.05, 3.63) is 52.2 Å². The fourth-order valence-electron chi connectivity index (χ4n) is 2.58. The van der Waals surface area contributed by atoms with Gasteiger partial charge in [-0.2, -0.15) is 0 Å². The van der Waals surface area contributed by atoms with Gasteiger partial charge in [0.1, 0.15) is 0 Å². The Hall–Kier alpha value is -1.52. The quantitative estimate of drug-likeness (QED) is 0.859. The van der Waals surface area contributed by atoms with Crippen LogP contribution in [0.5, 0.6) is 0 Å². The van der Waals surface area contributed by atoms with Crippen LogP contribution in [-0.2, 0) is 0 Å². The summed E-state index contributed by atoms with van der Waals surface area (Å²) in [4.78, 5) is 15.8. The van der Waals surface area contributed by atoms with Crippen molar-refractivity contribution in [1.82, 2.24) is 4.90 Å². The van der Waals surface area contributed by atoms with Crippen LogP contribution in [-0.4, -0.2) is 17.4 Å². The summed E-state index contributed by atoms with van der Waals surface area (Å²) in [6.07, 6.45) is 2.13. The van der Waals surface area contributed by atoms with E-state index in [4.69, 9.17) is 5.73 Å². The summed E-state index contributed by atoms with van der Waals surface area (Å²) in [5, 5.41) is 2.07. The summed E-state index contributed by atoms with van der Waals surface area (Å²) in [6.45, 7) is 0.839. The van der Waals surface area contributed by atoms with Crippen molar-refractivity contribution in [3.8, 4) is 0 Å². The minimum Gasteiger partial charge on any atom is -0.399 e. The van der Waals surface area contributed by atoms with Gasteiger partial charge in [-0.25, -0.2) is 0 Å². The standard InChI is InChI=1S/C15H16N2OS.ClH/c16-12-7-5-11(6-8-12)15(18)17-9-1-3-13(17)14-4-2-10-19-14;/h2,4-8,10,13H,1,3,9,16H2;1H. The Morgan fingerprint density at radius 1 is 1.25 bits per heavy atom. The molecule has 3 nitrogen and oxygen atoms in total. The number of likely N-dealkylation sites (tertiary alicyclic amines) is 1. The number of nitrogen functional groups attached to an aromatic ring is 1. The Morgan fingerprint density at radius 2 is 2.00 bits per heavy atom. The molecule has 106 valence electrons. The minimum atomic E-state index is 0. The predicted octanol–water partition coefficient (Wildman–Crippen LogP) is 3.73. The maximum Gasteiger partial charge on any atom is 0.254 e. The summed E-state index contributed by atoms with van der Waals surface area (Å²) in [5.41, 5.74) is 7.07. The van der Waals surface area contributed by atoms with Crippen molar-refractivity contribution in [3.63, 3.8) is 0 Å². The first-order valence-electron chi connectivity index (χ1n) is 6.45. The molecule has 2 heterocycles. The molecular formula is C15H17ClN2OS. The molecule has 1 aliphatic rings. The summed E-state index contributed by atoms with van der Waals surface area (Å²) in [5.74, 6) is 0.107. The number of carbonyl (C=O) groups excluding carboxylic acids is 1. The predicted molar refractivity (Wildman–Crippen MR) is 85.4 cm³/mol. The number of amides is 1. The number of carbonyl (C=O) groups is 1. The molecule has 1 amide bonds. The Balaban J connectivity index is 0.00000147. The van der Waals surface area contributed by atoms with E-state index in [2.05, 4.69) is 11.4 Å². The molecule has 1 aromatic carbocycles. The lowest BCUT2D eigenvalue weighted by Crippen LogP contribution is -2.30. The first-order chi connectivity index (χ1) is 9.25. The Morgan fingerprint density at radius 3 is 2.65 bits per heavy atom.